The lowest BCUT2D eigenvalue weighted by molar-refractivity contribution is 0.0783. The molecule has 0 spiro atoms. The van der Waals surface area contributed by atoms with Crippen LogP contribution in [0.25, 0.3) is 21.9 Å². The summed E-state index contributed by atoms with van der Waals surface area (Å²) in [6.07, 6.45) is 4.50. The lowest BCUT2D eigenvalue weighted by Gasteiger charge is -2.06. The van der Waals surface area contributed by atoms with Crippen LogP contribution in [0, 0.1) is 0 Å². The maximum Gasteiger partial charge on any atom is 0.129 e. The summed E-state index contributed by atoms with van der Waals surface area (Å²) in [7, 11) is 0. The fourth-order valence-electron chi connectivity index (χ4n) is 2.18. The second-order valence-corrected chi connectivity index (χ2v) is 5.24. The van der Waals surface area contributed by atoms with Crippen LogP contribution in [0.15, 0.2) is 42.9 Å². The van der Waals surface area contributed by atoms with Gasteiger partial charge in [-0.1, -0.05) is 23.7 Å². The lowest BCUT2D eigenvalue weighted by atomic mass is 10.1. The molecule has 6 heteroatoms. The molecule has 1 atom stereocenters. The fourth-order valence-corrected chi connectivity index (χ4v) is 2.35. The van der Waals surface area contributed by atoms with E-state index in [0.717, 1.165) is 21.9 Å². The molecule has 0 aliphatic rings. The van der Waals surface area contributed by atoms with E-state index in [1.807, 2.05) is 30.5 Å². The summed E-state index contributed by atoms with van der Waals surface area (Å²) in [6, 6.07) is 7.81. The van der Waals surface area contributed by atoms with Crippen molar-refractivity contribution in [2.24, 2.45) is 0 Å². The number of rotatable bonds is 4. The Morgan fingerprint density at radius 1 is 1.14 bits per heavy atom. The molecule has 0 amide bonds. The molecule has 3 aromatic rings. The summed E-state index contributed by atoms with van der Waals surface area (Å²) in [6.45, 7) is -0.0174. The number of fused-ring (bicyclic) bond motifs is 1. The van der Waals surface area contributed by atoms with Crippen molar-refractivity contribution in [3.8, 4) is 11.1 Å². The molecule has 0 radical (unpaired) electrons. The van der Waals surface area contributed by atoms with Crippen molar-refractivity contribution >= 4 is 22.4 Å². The van der Waals surface area contributed by atoms with Crippen LogP contribution in [-0.4, -0.2) is 37.7 Å². The fraction of sp³-hybridized carbons (Fsp3) is 0.200. The summed E-state index contributed by atoms with van der Waals surface area (Å²) in [4.78, 5) is 4.05. The van der Waals surface area contributed by atoms with Crippen LogP contribution in [-0.2, 0) is 6.54 Å². The van der Waals surface area contributed by atoms with Crippen LogP contribution in [0.3, 0.4) is 0 Å². The van der Waals surface area contributed by atoms with Crippen molar-refractivity contribution in [2.45, 2.75) is 12.6 Å². The molecule has 3 rings (SSSR count). The SMILES string of the molecule is OCC(O)Cn1cc(-c2ccc3cnc(Cl)cc3c2)cn1. The van der Waals surface area contributed by atoms with Gasteiger partial charge in [-0.2, -0.15) is 5.10 Å². The molecule has 0 saturated heterocycles. The van der Waals surface area contributed by atoms with E-state index in [0.29, 0.717) is 5.15 Å². The van der Waals surface area contributed by atoms with Gasteiger partial charge in [0.1, 0.15) is 5.15 Å². The highest BCUT2D eigenvalue weighted by Crippen LogP contribution is 2.25. The average Bonchev–Trinajstić information content (AvgIpc) is 2.94. The quantitative estimate of drug-likeness (QED) is 0.724. The summed E-state index contributed by atoms with van der Waals surface area (Å²) in [5.74, 6) is 0. The van der Waals surface area contributed by atoms with Gasteiger partial charge in [-0.05, 0) is 23.1 Å². The van der Waals surface area contributed by atoms with Gasteiger partial charge in [0.05, 0.1) is 25.5 Å². The van der Waals surface area contributed by atoms with E-state index in [-0.39, 0.29) is 13.2 Å². The minimum atomic E-state index is -0.806. The van der Waals surface area contributed by atoms with Crippen molar-refractivity contribution in [3.05, 3.63) is 48.0 Å². The number of halogens is 1. The summed E-state index contributed by atoms with van der Waals surface area (Å²) >= 11 is 5.92. The Balaban J connectivity index is 1.93. The summed E-state index contributed by atoms with van der Waals surface area (Å²) in [5.41, 5.74) is 1.95. The van der Waals surface area contributed by atoms with E-state index in [1.54, 1.807) is 17.1 Å². The standard InChI is InChI=1S/C15H14ClN3O2/c16-15-4-12-3-10(1-2-11(12)5-17-15)13-6-18-19(7-13)8-14(21)9-20/h1-7,14,20-21H,8-9H2. The molecule has 0 bridgehead atoms. The topological polar surface area (TPSA) is 71.2 Å². The predicted octanol–water partition coefficient (Wildman–Crippen LogP) is 2.10. The predicted molar refractivity (Wildman–Crippen MR) is 81.1 cm³/mol. The van der Waals surface area contributed by atoms with Crippen molar-refractivity contribution in [1.82, 2.24) is 14.8 Å². The highest BCUT2D eigenvalue weighted by molar-refractivity contribution is 6.30. The van der Waals surface area contributed by atoms with Gasteiger partial charge >= 0.3 is 0 Å². The molecule has 0 aliphatic carbocycles. The van der Waals surface area contributed by atoms with Crippen LogP contribution in [0.1, 0.15) is 0 Å². The second kappa shape index (κ2) is 5.81. The Kier molecular flexibility index (Phi) is 3.88. The van der Waals surface area contributed by atoms with E-state index in [4.69, 9.17) is 16.7 Å². The first-order valence-corrected chi connectivity index (χ1v) is 6.90. The summed E-state index contributed by atoms with van der Waals surface area (Å²) < 4.78 is 1.61. The van der Waals surface area contributed by atoms with Crippen molar-refractivity contribution in [2.75, 3.05) is 6.61 Å². The first-order valence-electron chi connectivity index (χ1n) is 6.53. The molecule has 108 valence electrons. The number of benzene rings is 1. The zero-order valence-corrected chi connectivity index (χ0v) is 11.9. The maximum absolute atomic E-state index is 9.43. The van der Waals surface area contributed by atoms with Crippen LogP contribution < -0.4 is 0 Å². The number of aliphatic hydroxyl groups excluding tert-OH is 2. The minimum Gasteiger partial charge on any atom is -0.394 e. The molecule has 2 N–H and O–H groups in total. The third kappa shape index (κ3) is 3.05. The van der Waals surface area contributed by atoms with Gasteiger partial charge < -0.3 is 10.2 Å². The van der Waals surface area contributed by atoms with Gasteiger partial charge in [0, 0.05) is 23.3 Å². The van der Waals surface area contributed by atoms with E-state index >= 15 is 0 Å². The van der Waals surface area contributed by atoms with Gasteiger partial charge in [-0.15, -0.1) is 0 Å². The molecule has 0 saturated carbocycles. The molecule has 1 unspecified atom stereocenters. The normalized spacial score (nSPS) is 12.7. The van der Waals surface area contributed by atoms with Gasteiger partial charge in [0.2, 0.25) is 0 Å². The van der Waals surface area contributed by atoms with Crippen LogP contribution >= 0.6 is 11.6 Å². The Hall–Kier alpha value is -1.95. The molecule has 0 fully saturated rings. The van der Waals surface area contributed by atoms with E-state index in [2.05, 4.69) is 10.1 Å². The van der Waals surface area contributed by atoms with E-state index < -0.39 is 6.10 Å². The molecular formula is C15H14ClN3O2. The summed E-state index contributed by atoms with van der Waals surface area (Å²) in [5, 5.41) is 25.0. The van der Waals surface area contributed by atoms with Crippen LogP contribution in [0.4, 0.5) is 0 Å². The van der Waals surface area contributed by atoms with Crippen molar-refractivity contribution in [1.29, 1.82) is 0 Å². The van der Waals surface area contributed by atoms with Crippen LogP contribution in [0.2, 0.25) is 5.15 Å². The monoisotopic (exact) mass is 303 g/mol. The second-order valence-electron chi connectivity index (χ2n) is 4.86. The average molecular weight is 304 g/mol. The number of nitrogens with zero attached hydrogens (tertiary/aromatic N) is 3. The molecule has 5 nitrogen and oxygen atoms in total. The molecule has 21 heavy (non-hydrogen) atoms. The van der Waals surface area contributed by atoms with E-state index in [9.17, 15) is 5.11 Å². The Labute approximate surface area is 126 Å². The largest absolute Gasteiger partial charge is 0.394 e. The van der Waals surface area contributed by atoms with Gasteiger partial charge in [-0.3, -0.25) is 4.68 Å². The highest BCUT2D eigenvalue weighted by atomic mass is 35.5. The maximum atomic E-state index is 9.43. The molecular weight excluding hydrogens is 290 g/mol. The van der Waals surface area contributed by atoms with Crippen LogP contribution in [0.5, 0.6) is 0 Å². The number of hydrogen-bond acceptors (Lipinski definition) is 4. The van der Waals surface area contributed by atoms with Gasteiger partial charge in [0.15, 0.2) is 0 Å². The molecule has 2 heterocycles. The zero-order chi connectivity index (χ0) is 14.8. The smallest absolute Gasteiger partial charge is 0.129 e. The number of aliphatic hydroxyl groups is 2. The molecule has 2 aromatic heterocycles. The molecule has 1 aromatic carbocycles. The Morgan fingerprint density at radius 3 is 2.81 bits per heavy atom. The van der Waals surface area contributed by atoms with Gasteiger partial charge in [-0.25, -0.2) is 4.98 Å². The third-order valence-electron chi connectivity index (χ3n) is 3.26. The van der Waals surface area contributed by atoms with Crippen molar-refractivity contribution in [3.63, 3.8) is 0 Å². The number of pyridine rings is 1. The molecule has 0 aliphatic heterocycles. The first kappa shape index (κ1) is 14.0. The Morgan fingerprint density at radius 2 is 2.00 bits per heavy atom. The highest BCUT2D eigenvalue weighted by Gasteiger charge is 2.07. The van der Waals surface area contributed by atoms with Gasteiger partial charge in [0.25, 0.3) is 0 Å². The third-order valence-corrected chi connectivity index (χ3v) is 3.47. The zero-order valence-electron chi connectivity index (χ0n) is 11.1. The first-order chi connectivity index (χ1) is 10.2. The Bertz CT molecular complexity index is 772. The minimum absolute atomic E-state index is 0.264. The number of aromatic nitrogens is 3. The lowest BCUT2D eigenvalue weighted by Crippen LogP contribution is -2.19. The van der Waals surface area contributed by atoms with Crippen molar-refractivity contribution < 1.29 is 10.2 Å². The number of hydrogen-bond donors (Lipinski definition) is 2. The van der Waals surface area contributed by atoms with E-state index in [1.165, 1.54) is 0 Å².